The van der Waals surface area contributed by atoms with Crippen molar-refractivity contribution in [2.45, 2.75) is 0 Å². The molecule has 0 aliphatic heterocycles. The molecule has 1 amide bonds. The normalized spacial score (nSPS) is 11.2. The van der Waals surface area contributed by atoms with Crippen molar-refractivity contribution in [3.63, 3.8) is 0 Å². The number of hydrogen-bond acceptors (Lipinski definition) is 5. The van der Waals surface area contributed by atoms with Gasteiger partial charge in [-0.15, -0.1) is 0 Å². The van der Waals surface area contributed by atoms with Gasteiger partial charge in [-0.05, 0) is 48.0 Å². The van der Waals surface area contributed by atoms with Crippen LogP contribution in [-0.4, -0.2) is 34.8 Å². The highest BCUT2D eigenvalue weighted by molar-refractivity contribution is 7.92. The first-order chi connectivity index (χ1) is 12.3. The quantitative estimate of drug-likeness (QED) is 0.725. The SMILES string of the molecule is COc1ccc(/C=C/C(=O)Nc2ccc(NS(C)(=O)=O)cc2)cc1OC. The topological polar surface area (TPSA) is 93.7 Å². The van der Waals surface area contributed by atoms with Crippen molar-refractivity contribution >= 4 is 33.4 Å². The van der Waals surface area contributed by atoms with Crippen LogP contribution in [0.5, 0.6) is 11.5 Å². The van der Waals surface area contributed by atoms with Crippen LogP contribution in [0.4, 0.5) is 11.4 Å². The van der Waals surface area contributed by atoms with Gasteiger partial charge < -0.3 is 14.8 Å². The van der Waals surface area contributed by atoms with Crippen molar-refractivity contribution in [1.82, 2.24) is 0 Å². The minimum Gasteiger partial charge on any atom is -0.493 e. The highest BCUT2D eigenvalue weighted by atomic mass is 32.2. The summed E-state index contributed by atoms with van der Waals surface area (Å²) in [5.41, 5.74) is 1.75. The molecule has 2 aromatic rings. The Morgan fingerprint density at radius 3 is 2.15 bits per heavy atom. The van der Waals surface area contributed by atoms with E-state index in [4.69, 9.17) is 9.47 Å². The standard InChI is InChI=1S/C18H20N2O5S/c1-24-16-10-4-13(12-17(16)25-2)5-11-18(21)19-14-6-8-15(9-7-14)20-26(3,22)23/h4-12,20H,1-3H3,(H,19,21)/b11-5+. The number of amides is 1. The molecule has 2 N–H and O–H groups in total. The second kappa shape index (κ2) is 8.39. The molecule has 0 aliphatic carbocycles. The first kappa shape index (κ1) is 19.3. The van der Waals surface area contributed by atoms with Gasteiger partial charge in [0.05, 0.1) is 20.5 Å². The largest absolute Gasteiger partial charge is 0.493 e. The number of sulfonamides is 1. The number of carbonyl (C=O) groups is 1. The molecule has 0 aliphatic rings. The monoisotopic (exact) mass is 376 g/mol. The molecule has 26 heavy (non-hydrogen) atoms. The van der Waals surface area contributed by atoms with Gasteiger partial charge in [-0.25, -0.2) is 8.42 Å². The molecule has 0 spiro atoms. The first-order valence-electron chi connectivity index (χ1n) is 7.59. The molecule has 0 radical (unpaired) electrons. The van der Waals surface area contributed by atoms with Crippen molar-refractivity contribution in [3.05, 3.63) is 54.1 Å². The Morgan fingerprint density at radius 1 is 0.962 bits per heavy atom. The molecule has 0 atom stereocenters. The summed E-state index contributed by atoms with van der Waals surface area (Å²) in [5, 5.41) is 2.69. The average molecular weight is 376 g/mol. The Morgan fingerprint density at radius 2 is 1.58 bits per heavy atom. The van der Waals surface area contributed by atoms with Crippen LogP contribution in [0.2, 0.25) is 0 Å². The summed E-state index contributed by atoms with van der Waals surface area (Å²) in [6.07, 6.45) is 4.11. The van der Waals surface area contributed by atoms with Gasteiger partial charge in [-0.2, -0.15) is 0 Å². The number of benzene rings is 2. The fraction of sp³-hybridized carbons (Fsp3) is 0.167. The number of rotatable bonds is 7. The van der Waals surface area contributed by atoms with Crippen molar-refractivity contribution in [2.75, 3.05) is 30.5 Å². The molecule has 0 aromatic heterocycles. The van der Waals surface area contributed by atoms with Crippen LogP contribution in [0.25, 0.3) is 6.08 Å². The summed E-state index contributed by atoms with van der Waals surface area (Å²) in [5.74, 6) is 0.865. The number of anilines is 2. The molecular formula is C18H20N2O5S. The molecule has 0 fully saturated rings. The molecular weight excluding hydrogens is 356 g/mol. The third kappa shape index (κ3) is 5.82. The highest BCUT2D eigenvalue weighted by Crippen LogP contribution is 2.28. The van der Waals surface area contributed by atoms with E-state index in [2.05, 4.69) is 10.0 Å². The second-order valence-electron chi connectivity index (χ2n) is 5.39. The predicted octanol–water partition coefficient (Wildman–Crippen LogP) is 2.73. The lowest BCUT2D eigenvalue weighted by Gasteiger charge is -2.08. The summed E-state index contributed by atoms with van der Waals surface area (Å²) in [6.45, 7) is 0. The summed E-state index contributed by atoms with van der Waals surface area (Å²) in [6, 6.07) is 11.7. The van der Waals surface area contributed by atoms with Gasteiger partial charge >= 0.3 is 0 Å². The smallest absolute Gasteiger partial charge is 0.248 e. The van der Waals surface area contributed by atoms with Gasteiger partial charge in [0.25, 0.3) is 0 Å². The minimum atomic E-state index is -3.33. The number of ether oxygens (including phenoxy) is 2. The molecule has 138 valence electrons. The maximum atomic E-state index is 12.0. The summed E-state index contributed by atoms with van der Waals surface area (Å²) in [7, 11) is -0.236. The van der Waals surface area contributed by atoms with Gasteiger partial charge in [0.2, 0.25) is 15.9 Å². The Balaban J connectivity index is 2.01. The zero-order valence-corrected chi connectivity index (χ0v) is 15.5. The molecule has 0 heterocycles. The molecule has 0 saturated heterocycles. The highest BCUT2D eigenvalue weighted by Gasteiger charge is 2.04. The first-order valence-corrected chi connectivity index (χ1v) is 9.49. The van der Waals surface area contributed by atoms with Crippen LogP contribution in [0, 0.1) is 0 Å². The second-order valence-corrected chi connectivity index (χ2v) is 7.14. The van der Waals surface area contributed by atoms with E-state index < -0.39 is 10.0 Å². The fourth-order valence-corrected chi connectivity index (χ4v) is 2.71. The van der Waals surface area contributed by atoms with E-state index in [1.165, 1.54) is 6.08 Å². The van der Waals surface area contributed by atoms with Gasteiger partial charge in [0, 0.05) is 17.5 Å². The van der Waals surface area contributed by atoms with Crippen LogP contribution in [0.1, 0.15) is 5.56 Å². The Bertz CT molecular complexity index is 906. The van der Waals surface area contributed by atoms with E-state index in [1.54, 1.807) is 62.8 Å². The van der Waals surface area contributed by atoms with Gasteiger partial charge in [0.1, 0.15) is 0 Å². The van der Waals surface area contributed by atoms with Crippen molar-refractivity contribution < 1.29 is 22.7 Å². The van der Waals surface area contributed by atoms with Crippen molar-refractivity contribution in [3.8, 4) is 11.5 Å². The molecule has 2 aromatic carbocycles. The zero-order chi connectivity index (χ0) is 19.2. The van der Waals surface area contributed by atoms with Gasteiger partial charge in [0.15, 0.2) is 11.5 Å². The van der Waals surface area contributed by atoms with E-state index in [-0.39, 0.29) is 5.91 Å². The van der Waals surface area contributed by atoms with E-state index in [9.17, 15) is 13.2 Å². The number of methoxy groups -OCH3 is 2. The average Bonchev–Trinajstić information content (AvgIpc) is 2.60. The van der Waals surface area contributed by atoms with Gasteiger partial charge in [-0.1, -0.05) is 6.07 Å². The minimum absolute atomic E-state index is 0.316. The maximum absolute atomic E-state index is 12.0. The molecule has 7 nitrogen and oxygen atoms in total. The molecule has 0 unspecified atom stereocenters. The zero-order valence-electron chi connectivity index (χ0n) is 14.6. The van der Waals surface area contributed by atoms with Crippen LogP contribution in [0.15, 0.2) is 48.5 Å². The lowest BCUT2D eigenvalue weighted by molar-refractivity contribution is -0.111. The number of hydrogen-bond donors (Lipinski definition) is 2. The lowest BCUT2D eigenvalue weighted by Crippen LogP contribution is -2.10. The maximum Gasteiger partial charge on any atom is 0.248 e. The third-order valence-corrected chi connectivity index (χ3v) is 3.90. The summed E-state index contributed by atoms with van der Waals surface area (Å²) < 4.78 is 35.1. The number of carbonyl (C=O) groups excluding carboxylic acids is 1. The van der Waals surface area contributed by atoms with E-state index in [1.807, 2.05) is 0 Å². The molecule has 8 heteroatoms. The van der Waals surface area contributed by atoms with Crippen molar-refractivity contribution in [2.24, 2.45) is 0 Å². The van der Waals surface area contributed by atoms with Crippen LogP contribution in [0.3, 0.4) is 0 Å². The van der Waals surface area contributed by atoms with E-state index in [0.717, 1.165) is 11.8 Å². The van der Waals surface area contributed by atoms with Gasteiger partial charge in [-0.3, -0.25) is 9.52 Å². The molecule has 2 rings (SSSR count). The molecule has 0 bridgehead atoms. The predicted molar refractivity (Wildman–Crippen MR) is 102 cm³/mol. The van der Waals surface area contributed by atoms with Crippen LogP contribution in [-0.2, 0) is 14.8 Å². The van der Waals surface area contributed by atoms with E-state index >= 15 is 0 Å². The van der Waals surface area contributed by atoms with E-state index in [0.29, 0.717) is 22.9 Å². The van der Waals surface area contributed by atoms with Crippen LogP contribution < -0.4 is 19.5 Å². The Labute approximate surface area is 152 Å². The third-order valence-electron chi connectivity index (χ3n) is 3.29. The number of nitrogens with one attached hydrogen (secondary N) is 2. The lowest BCUT2D eigenvalue weighted by atomic mass is 10.2. The van der Waals surface area contributed by atoms with Crippen molar-refractivity contribution in [1.29, 1.82) is 0 Å². The van der Waals surface area contributed by atoms with Crippen LogP contribution >= 0.6 is 0 Å². The Hall–Kier alpha value is -3.00. The fourth-order valence-electron chi connectivity index (χ4n) is 2.15. The molecule has 0 saturated carbocycles. The Kier molecular flexibility index (Phi) is 6.24. The summed E-state index contributed by atoms with van der Waals surface area (Å²) >= 11 is 0. The summed E-state index contributed by atoms with van der Waals surface area (Å²) in [4.78, 5) is 12.0.